The Labute approximate surface area is 86.2 Å². The van der Waals surface area contributed by atoms with E-state index in [1.54, 1.807) is 0 Å². The molecule has 0 bridgehead atoms. The van der Waals surface area contributed by atoms with Crippen LogP contribution < -0.4 is 5.32 Å². The third-order valence-electron chi connectivity index (χ3n) is 3.41. The van der Waals surface area contributed by atoms with Gasteiger partial charge < -0.3 is 5.32 Å². The van der Waals surface area contributed by atoms with Crippen LogP contribution in [0.2, 0.25) is 0 Å². The topological polar surface area (TPSA) is 46.2 Å². The molecule has 1 N–H and O–H groups in total. The second-order valence-electron chi connectivity index (χ2n) is 4.53. The molecule has 0 spiro atoms. The maximum Gasteiger partial charge on any atom is 0.154 e. The van der Waals surface area contributed by atoms with Crippen molar-refractivity contribution in [2.24, 2.45) is 0 Å². The maximum absolute atomic E-state index is 11.8. The van der Waals surface area contributed by atoms with Gasteiger partial charge in [0.15, 0.2) is 9.84 Å². The molecule has 2 fully saturated rings. The molecular formula is C10H19NO2S. The van der Waals surface area contributed by atoms with Gasteiger partial charge in [-0.25, -0.2) is 8.42 Å². The predicted molar refractivity (Wildman–Crippen MR) is 57.1 cm³/mol. The molecule has 82 valence electrons. The van der Waals surface area contributed by atoms with Crippen LogP contribution in [0.5, 0.6) is 0 Å². The minimum Gasteiger partial charge on any atom is -0.313 e. The lowest BCUT2D eigenvalue weighted by Gasteiger charge is -2.29. The molecule has 0 amide bonds. The average Bonchev–Trinajstić information content (AvgIpc) is 2.00. The summed E-state index contributed by atoms with van der Waals surface area (Å²) < 4.78 is 23.7. The zero-order valence-corrected chi connectivity index (χ0v) is 9.35. The predicted octanol–water partition coefficient (Wildman–Crippen LogP) is 1.10. The van der Waals surface area contributed by atoms with Crippen molar-refractivity contribution < 1.29 is 8.42 Å². The van der Waals surface area contributed by atoms with Gasteiger partial charge in [-0.3, -0.25) is 0 Å². The van der Waals surface area contributed by atoms with Crippen molar-refractivity contribution in [3.05, 3.63) is 0 Å². The van der Waals surface area contributed by atoms with Crippen LogP contribution in [-0.4, -0.2) is 32.0 Å². The van der Waals surface area contributed by atoms with Crippen molar-refractivity contribution in [3.8, 4) is 0 Å². The second-order valence-corrected chi connectivity index (χ2v) is 6.85. The van der Waals surface area contributed by atoms with Crippen LogP contribution in [0.15, 0.2) is 0 Å². The molecular weight excluding hydrogens is 198 g/mol. The fraction of sp³-hybridized carbons (Fsp3) is 1.00. The highest BCUT2D eigenvalue weighted by Crippen LogP contribution is 2.27. The molecule has 1 saturated carbocycles. The van der Waals surface area contributed by atoms with Crippen LogP contribution in [0.4, 0.5) is 0 Å². The van der Waals surface area contributed by atoms with E-state index >= 15 is 0 Å². The Morgan fingerprint density at radius 3 is 2.36 bits per heavy atom. The Kier molecular flexibility index (Phi) is 3.12. The minimum atomic E-state index is -2.79. The first-order valence-electron chi connectivity index (χ1n) is 5.63. The van der Waals surface area contributed by atoms with Gasteiger partial charge in [0.05, 0.1) is 11.0 Å². The monoisotopic (exact) mass is 217 g/mol. The number of sulfone groups is 1. The molecule has 1 heterocycles. The number of rotatable bonds is 3. The highest BCUT2D eigenvalue weighted by atomic mass is 32.2. The lowest BCUT2D eigenvalue weighted by molar-refractivity contribution is 0.415. The van der Waals surface area contributed by atoms with E-state index in [0.717, 1.165) is 32.2 Å². The minimum absolute atomic E-state index is 0.00812. The van der Waals surface area contributed by atoms with Crippen LogP contribution in [-0.2, 0) is 9.84 Å². The fourth-order valence-electron chi connectivity index (χ4n) is 2.21. The third kappa shape index (κ3) is 2.28. The molecule has 0 aromatic rings. The Hall–Kier alpha value is -0.0900. The van der Waals surface area contributed by atoms with Gasteiger partial charge in [-0.2, -0.15) is 0 Å². The lowest BCUT2D eigenvalue weighted by atomic mass is 10.00. The quantitative estimate of drug-likeness (QED) is 0.770. The molecule has 1 unspecified atom stereocenters. The lowest BCUT2D eigenvalue weighted by Crippen LogP contribution is -2.43. The van der Waals surface area contributed by atoms with E-state index in [1.807, 2.05) is 0 Å². The summed E-state index contributed by atoms with van der Waals surface area (Å²) >= 11 is 0. The van der Waals surface area contributed by atoms with E-state index in [9.17, 15) is 8.42 Å². The van der Waals surface area contributed by atoms with Gasteiger partial charge in [-0.15, -0.1) is 0 Å². The molecule has 3 nitrogen and oxygen atoms in total. The molecule has 14 heavy (non-hydrogen) atoms. The Balaban J connectivity index is 1.88. The molecule has 1 aliphatic heterocycles. The van der Waals surface area contributed by atoms with Gasteiger partial charge in [0.2, 0.25) is 0 Å². The summed E-state index contributed by atoms with van der Waals surface area (Å²) in [6.07, 6.45) is 6.30. The van der Waals surface area contributed by atoms with Gasteiger partial charge >= 0.3 is 0 Å². The summed E-state index contributed by atoms with van der Waals surface area (Å²) in [5.74, 6) is 0.373. The highest BCUT2D eigenvalue weighted by Gasteiger charge is 2.33. The standard InChI is InChI=1S/C10H19NO2S/c12-14(13,10-5-3-6-10)8-9-4-1-2-7-11-9/h9-11H,1-8H2. The maximum atomic E-state index is 11.8. The smallest absolute Gasteiger partial charge is 0.154 e. The van der Waals surface area contributed by atoms with E-state index in [-0.39, 0.29) is 11.3 Å². The Morgan fingerprint density at radius 1 is 1.07 bits per heavy atom. The molecule has 2 aliphatic rings. The van der Waals surface area contributed by atoms with Gasteiger partial charge in [-0.05, 0) is 32.2 Å². The van der Waals surface area contributed by atoms with Crippen molar-refractivity contribution in [2.75, 3.05) is 12.3 Å². The van der Waals surface area contributed by atoms with Crippen molar-refractivity contribution >= 4 is 9.84 Å². The number of nitrogens with one attached hydrogen (secondary N) is 1. The summed E-state index contributed by atoms with van der Waals surface area (Å²) in [6, 6.07) is 0.231. The number of piperidine rings is 1. The normalized spacial score (nSPS) is 29.9. The third-order valence-corrected chi connectivity index (χ3v) is 5.76. The second kappa shape index (κ2) is 4.19. The molecule has 2 rings (SSSR count). The first-order chi connectivity index (χ1) is 6.68. The molecule has 0 radical (unpaired) electrons. The van der Waals surface area contributed by atoms with E-state index in [4.69, 9.17) is 0 Å². The van der Waals surface area contributed by atoms with Gasteiger partial charge in [0.1, 0.15) is 0 Å². The SMILES string of the molecule is O=S(=O)(CC1CCCCN1)C1CCC1. The van der Waals surface area contributed by atoms with E-state index in [2.05, 4.69) is 5.32 Å². The Morgan fingerprint density at radius 2 is 1.86 bits per heavy atom. The number of hydrogen-bond donors (Lipinski definition) is 1. The zero-order chi connectivity index (χ0) is 10.0. The van der Waals surface area contributed by atoms with Crippen LogP contribution in [0.1, 0.15) is 38.5 Å². The van der Waals surface area contributed by atoms with Crippen LogP contribution in [0.25, 0.3) is 0 Å². The summed E-state index contributed by atoms with van der Waals surface area (Å²) in [5.41, 5.74) is 0. The van der Waals surface area contributed by atoms with Crippen molar-refractivity contribution in [2.45, 2.75) is 49.8 Å². The zero-order valence-electron chi connectivity index (χ0n) is 8.54. The number of hydrogen-bond acceptors (Lipinski definition) is 3. The van der Waals surface area contributed by atoms with Gasteiger partial charge in [0.25, 0.3) is 0 Å². The molecule has 0 aromatic carbocycles. The molecule has 4 heteroatoms. The molecule has 1 atom stereocenters. The van der Waals surface area contributed by atoms with Crippen molar-refractivity contribution in [1.29, 1.82) is 0 Å². The average molecular weight is 217 g/mol. The first kappa shape index (κ1) is 10.4. The summed E-state index contributed by atoms with van der Waals surface area (Å²) in [4.78, 5) is 0. The van der Waals surface area contributed by atoms with Crippen LogP contribution in [0.3, 0.4) is 0 Å². The van der Waals surface area contributed by atoms with E-state index in [0.29, 0.717) is 5.75 Å². The van der Waals surface area contributed by atoms with Gasteiger partial charge in [0, 0.05) is 6.04 Å². The van der Waals surface area contributed by atoms with Gasteiger partial charge in [-0.1, -0.05) is 12.8 Å². The van der Waals surface area contributed by atoms with Crippen molar-refractivity contribution in [1.82, 2.24) is 5.32 Å². The largest absolute Gasteiger partial charge is 0.313 e. The molecule has 0 aromatic heterocycles. The van der Waals surface area contributed by atoms with Crippen molar-refractivity contribution in [3.63, 3.8) is 0 Å². The van der Waals surface area contributed by atoms with Crippen LogP contribution >= 0.6 is 0 Å². The van der Waals surface area contributed by atoms with E-state index in [1.165, 1.54) is 12.8 Å². The summed E-state index contributed by atoms with van der Waals surface area (Å²) in [5, 5.41) is 3.29. The Bertz CT molecular complexity index is 276. The summed E-state index contributed by atoms with van der Waals surface area (Å²) in [6.45, 7) is 0.991. The first-order valence-corrected chi connectivity index (χ1v) is 7.35. The van der Waals surface area contributed by atoms with E-state index < -0.39 is 9.84 Å². The summed E-state index contributed by atoms with van der Waals surface area (Å²) in [7, 11) is -2.79. The molecule has 1 saturated heterocycles. The molecule has 1 aliphatic carbocycles. The van der Waals surface area contributed by atoms with Crippen LogP contribution in [0, 0.1) is 0 Å². The fourth-order valence-corrected chi connectivity index (χ4v) is 4.38. The highest BCUT2D eigenvalue weighted by molar-refractivity contribution is 7.92.